The highest BCUT2D eigenvalue weighted by Crippen LogP contribution is 2.21. The minimum absolute atomic E-state index is 0.296. The van der Waals surface area contributed by atoms with Crippen molar-refractivity contribution in [3.8, 4) is 0 Å². The maximum absolute atomic E-state index is 13.1. The number of carbonyl (C=O) groups excluding carboxylic acids is 3. The van der Waals surface area contributed by atoms with E-state index in [1.807, 2.05) is 6.26 Å². The van der Waals surface area contributed by atoms with E-state index in [2.05, 4.69) is 10.6 Å². The predicted molar refractivity (Wildman–Crippen MR) is 110 cm³/mol. The zero-order valence-electron chi connectivity index (χ0n) is 15.8. The summed E-state index contributed by atoms with van der Waals surface area (Å²) in [4.78, 5) is 36.7. The molecule has 0 aliphatic rings. The van der Waals surface area contributed by atoms with Gasteiger partial charge in [-0.1, -0.05) is 30.3 Å². The molecule has 2 atom stereocenters. The average molecular weight is 419 g/mol. The molecule has 0 radical (unpaired) electrons. The van der Waals surface area contributed by atoms with Crippen molar-refractivity contribution in [2.45, 2.75) is 18.6 Å². The minimum atomic E-state index is -1.26. The standard InChI is InChI=1S/C20H22FN3O4S/c1-29-12-11-16(24-20(22)27)19(26)28-17(13-5-3-2-4-6-13)18(25)23-15-9-7-14(21)8-10-15/h2-10,16-17H,11-12H2,1H3,(H,23,25)(H3,22,24,27)/t16-,17-/m1/s1. The Balaban J connectivity index is 2.20. The molecular weight excluding hydrogens is 397 g/mol. The number of nitrogens with two attached hydrogens (primary N) is 1. The lowest BCUT2D eigenvalue weighted by molar-refractivity contribution is -0.156. The molecule has 0 aliphatic heterocycles. The van der Waals surface area contributed by atoms with E-state index in [1.54, 1.807) is 30.3 Å². The van der Waals surface area contributed by atoms with E-state index in [-0.39, 0.29) is 0 Å². The van der Waals surface area contributed by atoms with Crippen LogP contribution >= 0.6 is 11.8 Å². The highest BCUT2D eigenvalue weighted by atomic mass is 32.2. The average Bonchev–Trinajstić information content (AvgIpc) is 2.71. The van der Waals surface area contributed by atoms with Crippen molar-refractivity contribution in [2.75, 3.05) is 17.3 Å². The Bertz CT molecular complexity index is 833. The van der Waals surface area contributed by atoms with Crippen LogP contribution in [0.1, 0.15) is 18.1 Å². The molecule has 0 saturated heterocycles. The lowest BCUT2D eigenvalue weighted by Gasteiger charge is -2.22. The first kappa shape index (κ1) is 22.2. The minimum Gasteiger partial charge on any atom is -0.446 e. The lowest BCUT2D eigenvalue weighted by atomic mass is 10.1. The number of nitrogens with one attached hydrogen (secondary N) is 2. The van der Waals surface area contributed by atoms with E-state index in [4.69, 9.17) is 10.5 Å². The third-order valence-corrected chi connectivity index (χ3v) is 4.54. The van der Waals surface area contributed by atoms with Crippen LogP contribution in [0.3, 0.4) is 0 Å². The molecule has 2 rings (SSSR count). The maximum Gasteiger partial charge on any atom is 0.329 e. The molecule has 0 fully saturated rings. The molecule has 0 heterocycles. The van der Waals surface area contributed by atoms with Crippen molar-refractivity contribution >= 4 is 35.4 Å². The molecule has 3 amide bonds. The number of carbonyl (C=O) groups is 3. The number of halogens is 1. The third-order valence-electron chi connectivity index (χ3n) is 3.90. The second-order valence-corrected chi connectivity index (χ2v) is 7.05. The van der Waals surface area contributed by atoms with Crippen LogP contribution in [-0.2, 0) is 14.3 Å². The number of rotatable bonds is 9. The summed E-state index contributed by atoms with van der Waals surface area (Å²) in [5, 5.41) is 4.94. The highest BCUT2D eigenvalue weighted by molar-refractivity contribution is 7.98. The fraction of sp³-hybridized carbons (Fsp3) is 0.250. The fourth-order valence-electron chi connectivity index (χ4n) is 2.50. The van der Waals surface area contributed by atoms with E-state index < -0.39 is 35.9 Å². The maximum atomic E-state index is 13.1. The largest absolute Gasteiger partial charge is 0.446 e. The molecule has 4 N–H and O–H groups in total. The second-order valence-electron chi connectivity index (χ2n) is 6.07. The molecule has 0 aliphatic carbocycles. The molecule has 2 aromatic carbocycles. The zero-order valence-corrected chi connectivity index (χ0v) is 16.6. The summed E-state index contributed by atoms with van der Waals surface area (Å²) in [5.41, 5.74) is 5.94. The van der Waals surface area contributed by atoms with E-state index in [1.165, 1.54) is 36.0 Å². The molecular formula is C20H22FN3O4S. The normalized spacial score (nSPS) is 12.5. The van der Waals surface area contributed by atoms with Gasteiger partial charge in [-0.3, -0.25) is 4.79 Å². The number of thioether (sulfide) groups is 1. The van der Waals surface area contributed by atoms with Crippen LogP contribution in [0.25, 0.3) is 0 Å². The number of hydrogen-bond acceptors (Lipinski definition) is 5. The molecule has 0 saturated carbocycles. The van der Waals surface area contributed by atoms with Crippen LogP contribution in [-0.4, -0.2) is 36.0 Å². The molecule has 154 valence electrons. The first-order valence-electron chi connectivity index (χ1n) is 8.77. The number of anilines is 1. The number of benzene rings is 2. The Morgan fingerprint density at radius 3 is 2.34 bits per heavy atom. The summed E-state index contributed by atoms with van der Waals surface area (Å²) in [6.45, 7) is 0. The van der Waals surface area contributed by atoms with Crippen LogP contribution in [0.2, 0.25) is 0 Å². The number of amides is 3. The van der Waals surface area contributed by atoms with Gasteiger partial charge < -0.3 is 21.1 Å². The van der Waals surface area contributed by atoms with E-state index in [0.29, 0.717) is 23.4 Å². The first-order chi connectivity index (χ1) is 13.9. The molecule has 0 aromatic heterocycles. The summed E-state index contributed by atoms with van der Waals surface area (Å²) >= 11 is 1.49. The Labute approximate surface area is 172 Å². The summed E-state index contributed by atoms with van der Waals surface area (Å²) in [5.74, 6) is -1.25. The SMILES string of the molecule is CSCC[C@@H](NC(N)=O)C(=O)O[C@@H](C(=O)Nc1ccc(F)cc1)c1ccccc1. The number of primary amides is 1. The molecule has 7 nitrogen and oxygen atoms in total. The first-order valence-corrected chi connectivity index (χ1v) is 10.2. The van der Waals surface area contributed by atoms with Gasteiger partial charge in [0.2, 0.25) is 6.10 Å². The van der Waals surface area contributed by atoms with Crippen molar-refractivity contribution in [3.63, 3.8) is 0 Å². The van der Waals surface area contributed by atoms with Crippen molar-refractivity contribution in [1.82, 2.24) is 5.32 Å². The summed E-state index contributed by atoms with van der Waals surface area (Å²) in [7, 11) is 0. The Hall–Kier alpha value is -3.07. The second kappa shape index (κ2) is 11.1. The number of urea groups is 1. The van der Waals surface area contributed by atoms with Crippen LogP contribution in [0.15, 0.2) is 54.6 Å². The van der Waals surface area contributed by atoms with Gasteiger partial charge in [0, 0.05) is 11.3 Å². The predicted octanol–water partition coefficient (Wildman–Crippen LogP) is 2.84. The van der Waals surface area contributed by atoms with Gasteiger partial charge in [0.15, 0.2) is 0 Å². The Morgan fingerprint density at radius 2 is 1.76 bits per heavy atom. The lowest BCUT2D eigenvalue weighted by Crippen LogP contribution is -2.45. The number of esters is 1. The molecule has 0 unspecified atom stereocenters. The molecule has 0 bridgehead atoms. The summed E-state index contributed by atoms with van der Waals surface area (Å²) < 4.78 is 18.5. The highest BCUT2D eigenvalue weighted by Gasteiger charge is 2.29. The van der Waals surface area contributed by atoms with Gasteiger partial charge in [0.05, 0.1) is 0 Å². The topological polar surface area (TPSA) is 111 Å². The zero-order chi connectivity index (χ0) is 21.2. The third kappa shape index (κ3) is 7.11. The Morgan fingerprint density at radius 1 is 1.10 bits per heavy atom. The molecule has 2 aromatic rings. The Kier molecular flexibility index (Phi) is 8.47. The van der Waals surface area contributed by atoms with Gasteiger partial charge in [-0.25, -0.2) is 14.0 Å². The van der Waals surface area contributed by atoms with E-state index >= 15 is 0 Å². The smallest absolute Gasteiger partial charge is 0.329 e. The van der Waals surface area contributed by atoms with Gasteiger partial charge in [-0.05, 0) is 42.7 Å². The van der Waals surface area contributed by atoms with Crippen LogP contribution in [0, 0.1) is 5.82 Å². The monoisotopic (exact) mass is 419 g/mol. The van der Waals surface area contributed by atoms with Gasteiger partial charge in [0.25, 0.3) is 5.91 Å². The van der Waals surface area contributed by atoms with Crippen molar-refractivity contribution < 1.29 is 23.5 Å². The molecule has 0 spiro atoms. The summed E-state index contributed by atoms with van der Waals surface area (Å²) in [6, 6.07) is 11.8. The number of ether oxygens (including phenoxy) is 1. The van der Waals surface area contributed by atoms with Crippen molar-refractivity contribution in [3.05, 3.63) is 66.0 Å². The van der Waals surface area contributed by atoms with Crippen molar-refractivity contribution in [2.24, 2.45) is 5.73 Å². The van der Waals surface area contributed by atoms with Crippen LogP contribution < -0.4 is 16.4 Å². The van der Waals surface area contributed by atoms with E-state index in [0.717, 1.165) is 0 Å². The van der Waals surface area contributed by atoms with Gasteiger partial charge in [-0.2, -0.15) is 11.8 Å². The quantitative estimate of drug-likeness (QED) is 0.542. The van der Waals surface area contributed by atoms with Gasteiger partial charge in [-0.15, -0.1) is 0 Å². The molecule has 29 heavy (non-hydrogen) atoms. The van der Waals surface area contributed by atoms with Crippen LogP contribution in [0.5, 0.6) is 0 Å². The fourth-order valence-corrected chi connectivity index (χ4v) is 2.97. The van der Waals surface area contributed by atoms with Crippen molar-refractivity contribution in [1.29, 1.82) is 0 Å². The van der Waals surface area contributed by atoms with Gasteiger partial charge in [0.1, 0.15) is 11.9 Å². The van der Waals surface area contributed by atoms with E-state index in [9.17, 15) is 18.8 Å². The summed E-state index contributed by atoms with van der Waals surface area (Å²) in [6.07, 6.45) is 0.889. The van der Waals surface area contributed by atoms with Gasteiger partial charge >= 0.3 is 12.0 Å². The molecule has 9 heteroatoms. The van der Waals surface area contributed by atoms with Crippen LogP contribution in [0.4, 0.5) is 14.9 Å². The number of hydrogen-bond donors (Lipinski definition) is 3.